The van der Waals surface area contributed by atoms with Crippen molar-refractivity contribution >= 4 is 0 Å². The van der Waals surface area contributed by atoms with E-state index in [2.05, 4.69) is 30.9 Å². The van der Waals surface area contributed by atoms with Crippen molar-refractivity contribution in [3.8, 4) is 0 Å². The molecule has 0 aromatic heterocycles. The molecule has 1 aromatic rings. The Bertz CT molecular complexity index is 324. The van der Waals surface area contributed by atoms with Crippen molar-refractivity contribution in [2.24, 2.45) is 0 Å². The largest absolute Gasteiger partial charge is 0.387 e. The van der Waals surface area contributed by atoms with Crippen molar-refractivity contribution in [2.75, 3.05) is 33.4 Å². The maximum absolute atomic E-state index is 10.2. The van der Waals surface area contributed by atoms with Gasteiger partial charge in [-0.2, -0.15) is 0 Å². The van der Waals surface area contributed by atoms with Crippen LogP contribution in [0.5, 0.6) is 0 Å². The molecule has 0 aliphatic rings. The standard InChI is InChI=1S/C15H25NO2/c1-4-13-6-8-14(9-7-13)15(17)12-16(5-2)10-11-18-3/h6-9,15,17H,4-5,10-12H2,1-3H3. The predicted octanol–water partition coefficient (Wildman–Crippen LogP) is 2.25. The molecule has 0 aliphatic heterocycles. The summed E-state index contributed by atoms with van der Waals surface area (Å²) in [6, 6.07) is 8.22. The monoisotopic (exact) mass is 251 g/mol. The summed E-state index contributed by atoms with van der Waals surface area (Å²) >= 11 is 0. The first-order valence-corrected chi connectivity index (χ1v) is 6.69. The van der Waals surface area contributed by atoms with Gasteiger partial charge in [0.05, 0.1) is 12.7 Å². The highest BCUT2D eigenvalue weighted by molar-refractivity contribution is 5.24. The molecule has 0 spiro atoms. The van der Waals surface area contributed by atoms with Crippen LogP contribution < -0.4 is 0 Å². The van der Waals surface area contributed by atoms with Gasteiger partial charge >= 0.3 is 0 Å². The van der Waals surface area contributed by atoms with Crippen LogP contribution in [0, 0.1) is 0 Å². The molecule has 1 atom stereocenters. The molecule has 18 heavy (non-hydrogen) atoms. The minimum atomic E-state index is -0.423. The lowest BCUT2D eigenvalue weighted by atomic mass is 10.1. The van der Waals surface area contributed by atoms with Gasteiger partial charge in [0.25, 0.3) is 0 Å². The lowest BCUT2D eigenvalue weighted by Crippen LogP contribution is -2.31. The fourth-order valence-electron chi connectivity index (χ4n) is 1.92. The van der Waals surface area contributed by atoms with Gasteiger partial charge in [0.2, 0.25) is 0 Å². The first kappa shape index (κ1) is 15.2. The maximum Gasteiger partial charge on any atom is 0.0916 e. The first-order chi connectivity index (χ1) is 8.71. The number of rotatable bonds is 8. The Hall–Kier alpha value is -0.900. The van der Waals surface area contributed by atoms with E-state index in [4.69, 9.17) is 4.74 Å². The second kappa shape index (κ2) is 8.25. The maximum atomic E-state index is 10.2. The molecule has 1 aromatic carbocycles. The van der Waals surface area contributed by atoms with E-state index in [1.165, 1.54) is 5.56 Å². The number of hydrogen-bond donors (Lipinski definition) is 1. The summed E-state index contributed by atoms with van der Waals surface area (Å²) in [6.45, 7) is 7.38. The minimum absolute atomic E-state index is 0.423. The Morgan fingerprint density at radius 1 is 1.22 bits per heavy atom. The third-order valence-corrected chi connectivity index (χ3v) is 3.26. The number of aryl methyl sites for hydroxylation is 1. The van der Waals surface area contributed by atoms with E-state index in [9.17, 15) is 5.11 Å². The molecule has 0 bridgehead atoms. The van der Waals surface area contributed by atoms with Crippen LogP contribution >= 0.6 is 0 Å². The van der Waals surface area contributed by atoms with Gasteiger partial charge in [0.15, 0.2) is 0 Å². The molecule has 0 amide bonds. The molecule has 1 unspecified atom stereocenters. The van der Waals surface area contributed by atoms with Gasteiger partial charge in [-0.05, 0) is 24.1 Å². The molecule has 1 rings (SSSR count). The van der Waals surface area contributed by atoms with Crippen molar-refractivity contribution in [3.63, 3.8) is 0 Å². The average molecular weight is 251 g/mol. The molecule has 0 fully saturated rings. The van der Waals surface area contributed by atoms with E-state index in [0.717, 1.165) is 25.1 Å². The van der Waals surface area contributed by atoms with Crippen molar-refractivity contribution in [3.05, 3.63) is 35.4 Å². The van der Waals surface area contributed by atoms with Crippen molar-refractivity contribution in [1.29, 1.82) is 0 Å². The van der Waals surface area contributed by atoms with E-state index < -0.39 is 6.10 Å². The highest BCUT2D eigenvalue weighted by Gasteiger charge is 2.12. The molecule has 0 saturated carbocycles. The number of hydrogen-bond acceptors (Lipinski definition) is 3. The molecular weight excluding hydrogens is 226 g/mol. The minimum Gasteiger partial charge on any atom is -0.387 e. The Kier molecular flexibility index (Phi) is 6.94. The summed E-state index contributed by atoms with van der Waals surface area (Å²) in [5.74, 6) is 0. The molecule has 1 N–H and O–H groups in total. The lowest BCUT2D eigenvalue weighted by Gasteiger charge is -2.23. The van der Waals surface area contributed by atoms with Crippen LogP contribution in [0.25, 0.3) is 0 Å². The van der Waals surface area contributed by atoms with Crippen molar-refractivity contribution < 1.29 is 9.84 Å². The second-order valence-corrected chi connectivity index (χ2v) is 4.50. The van der Waals surface area contributed by atoms with E-state index >= 15 is 0 Å². The van der Waals surface area contributed by atoms with Gasteiger partial charge in [-0.15, -0.1) is 0 Å². The Morgan fingerprint density at radius 3 is 2.39 bits per heavy atom. The van der Waals surface area contributed by atoms with Gasteiger partial charge < -0.3 is 9.84 Å². The summed E-state index contributed by atoms with van der Waals surface area (Å²) in [5, 5.41) is 10.2. The lowest BCUT2D eigenvalue weighted by molar-refractivity contribution is 0.0921. The normalized spacial score (nSPS) is 12.9. The summed E-state index contributed by atoms with van der Waals surface area (Å²) in [5.41, 5.74) is 2.29. The molecular formula is C15H25NO2. The summed E-state index contributed by atoms with van der Waals surface area (Å²) in [7, 11) is 1.70. The highest BCUT2D eigenvalue weighted by Crippen LogP contribution is 2.15. The van der Waals surface area contributed by atoms with E-state index in [0.29, 0.717) is 13.2 Å². The summed E-state index contributed by atoms with van der Waals surface area (Å²) in [4.78, 5) is 2.20. The molecule has 0 radical (unpaired) electrons. The van der Waals surface area contributed by atoms with Gasteiger partial charge in [0, 0.05) is 20.2 Å². The SMILES string of the molecule is CCc1ccc(C(O)CN(CC)CCOC)cc1. The number of aliphatic hydroxyl groups excluding tert-OH is 1. The zero-order valence-electron chi connectivity index (χ0n) is 11.7. The molecule has 102 valence electrons. The molecule has 3 nitrogen and oxygen atoms in total. The van der Waals surface area contributed by atoms with Crippen LogP contribution in [0.15, 0.2) is 24.3 Å². The Morgan fingerprint density at radius 2 is 1.89 bits per heavy atom. The van der Waals surface area contributed by atoms with E-state index in [-0.39, 0.29) is 0 Å². The van der Waals surface area contributed by atoms with Gasteiger partial charge in [-0.25, -0.2) is 0 Å². The zero-order valence-corrected chi connectivity index (χ0v) is 11.7. The quantitative estimate of drug-likeness (QED) is 0.769. The highest BCUT2D eigenvalue weighted by atomic mass is 16.5. The predicted molar refractivity (Wildman–Crippen MR) is 74.8 cm³/mol. The van der Waals surface area contributed by atoms with E-state index in [1.807, 2.05) is 12.1 Å². The van der Waals surface area contributed by atoms with Crippen LogP contribution in [0.1, 0.15) is 31.1 Å². The first-order valence-electron chi connectivity index (χ1n) is 6.69. The second-order valence-electron chi connectivity index (χ2n) is 4.50. The van der Waals surface area contributed by atoms with Crippen molar-refractivity contribution in [1.82, 2.24) is 4.90 Å². The smallest absolute Gasteiger partial charge is 0.0916 e. The number of aliphatic hydroxyl groups is 1. The molecule has 0 aliphatic carbocycles. The molecule has 0 heterocycles. The topological polar surface area (TPSA) is 32.7 Å². The van der Waals surface area contributed by atoms with Crippen LogP contribution in [0.4, 0.5) is 0 Å². The van der Waals surface area contributed by atoms with Gasteiger partial charge in [-0.1, -0.05) is 38.1 Å². The fraction of sp³-hybridized carbons (Fsp3) is 0.600. The Balaban J connectivity index is 2.53. The average Bonchev–Trinajstić information content (AvgIpc) is 2.43. The van der Waals surface area contributed by atoms with Crippen LogP contribution in [0.2, 0.25) is 0 Å². The van der Waals surface area contributed by atoms with Crippen LogP contribution in [-0.4, -0.2) is 43.4 Å². The molecule has 3 heteroatoms. The van der Waals surface area contributed by atoms with E-state index in [1.54, 1.807) is 7.11 Å². The third-order valence-electron chi connectivity index (χ3n) is 3.26. The number of methoxy groups -OCH3 is 1. The zero-order chi connectivity index (χ0) is 13.4. The van der Waals surface area contributed by atoms with Gasteiger partial charge in [0.1, 0.15) is 0 Å². The summed E-state index contributed by atoms with van der Waals surface area (Å²) < 4.78 is 5.07. The molecule has 0 saturated heterocycles. The van der Waals surface area contributed by atoms with Crippen LogP contribution in [-0.2, 0) is 11.2 Å². The van der Waals surface area contributed by atoms with Gasteiger partial charge in [-0.3, -0.25) is 4.90 Å². The van der Waals surface area contributed by atoms with Crippen molar-refractivity contribution in [2.45, 2.75) is 26.4 Å². The number of ether oxygens (including phenoxy) is 1. The van der Waals surface area contributed by atoms with Crippen LogP contribution in [0.3, 0.4) is 0 Å². The fourth-order valence-corrected chi connectivity index (χ4v) is 1.92. The number of nitrogens with zero attached hydrogens (tertiary/aromatic N) is 1. The number of benzene rings is 1. The summed E-state index contributed by atoms with van der Waals surface area (Å²) in [6.07, 6.45) is 0.610. The number of likely N-dealkylation sites (N-methyl/N-ethyl adjacent to an activating group) is 1. The Labute approximate surface area is 110 Å². The third kappa shape index (κ3) is 4.77.